The van der Waals surface area contributed by atoms with Gasteiger partial charge >= 0.3 is 0 Å². The lowest BCUT2D eigenvalue weighted by Crippen LogP contribution is -2.09. The first kappa shape index (κ1) is 13.2. The van der Waals surface area contributed by atoms with Crippen LogP contribution in [0.5, 0.6) is 0 Å². The van der Waals surface area contributed by atoms with Crippen molar-refractivity contribution in [3.63, 3.8) is 0 Å². The average Bonchev–Trinajstić information content (AvgIpc) is 2.28. The van der Waals surface area contributed by atoms with E-state index in [0.29, 0.717) is 9.76 Å². The predicted molar refractivity (Wildman–Crippen MR) is 72.7 cm³/mol. The fourth-order valence-electron chi connectivity index (χ4n) is 1.39. The Bertz CT molecular complexity index is 602. The number of nitrogens with one attached hydrogen (secondary N) is 1. The molecule has 0 aliphatic heterocycles. The van der Waals surface area contributed by atoms with Gasteiger partial charge in [0.1, 0.15) is 16.0 Å². The predicted octanol–water partition coefficient (Wildman–Crippen LogP) is 2.43. The lowest BCUT2D eigenvalue weighted by molar-refractivity contribution is 0.814. The third kappa shape index (κ3) is 3.64. The quantitative estimate of drug-likeness (QED) is 0.690. The second-order valence-electron chi connectivity index (χ2n) is 3.57. The van der Waals surface area contributed by atoms with Crippen molar-refractivity contribution in [2.24, 2.45) is 0 Å². The molecule has 0 radical (unpaired) electrons. The molecular weight excluding hydrogens is 316 g/mol. The SMILES string of the molecule is CCCc1cc(=O)[nH]c(Sc2cc(Br)ncn2)n1. The number of halogens is 1. The van der Waals surface area contributed by atoms with Crippen LogP contribution in [0.4, 0.5) is 0 Å². The van der Waals surface area contributed by atoms with Crippen LogP contribution in [0.1, 0.15) is 19.0 Å². The summed E-state index contributed by atoms with van der Waals surface area (Å²) in [5.41, 5.74) is 0.668. The zero-order valence-corrected chi connectivity index (χ0v) is 12.1. The molecule has 7 heteroatoms. The molecule has 0 bridgehead atoms. The molecule has 0 atom stereocenters. The Kier molecular flexibility index (Phi) is 4.48. The van der Waals surface area contributed by atoms with Crippen LogP contribution in [0.3, 0.4) is 0 Å². The molecule has 0 fully saturated rings. The van der Waals surface area contributed by atoms with Crippen molar-refractivity contribution in [2.75, 3.05) is 0 Å². The Morgan fingerprint density at radius 2 is 2.22 bits per heavy atom. The van der Waals surface area contributed by atoms with Crippen LogP contribution >= 0.6 is 27.7 Å². The van der Waals surface area contributed by atoms with Gasteiger partial charge in [-0.3, -0.25) is 4.79 Å². The molecule has 0 amide bonds. The lowest BCUT2D eigenvalue weighted by Gasteiger charge is -2.02. The molecule has 0 aliphatic carbocycles. The Labute approximate surface area is 117 Å². The van der Waals surface area contributed by atoms with Crippen LogP contribution in [0.25, 0.3) is 0 Å². The van der Waals surface area contributed by atoms with Gasteiger partial charge in [-0.15, -0.1) is 0 Å². The molecule has 2 rings (SSSR count). The van der Waals surface area contributed by atoms with Gasteiger partial charge in [-0.2, -0.15) is 0 Å². The molecule has 0 aliphatic rings. The van der Waals surface area contributed by atoms with Gasteiger partial charge in [0.15, 0.2) is 5.16 Å². The van der Waals surface area contributed by atoms with Gasteiger partial charge in [-0.05, 0) is 34.1 Å². The van der Waals surface area contributed by atoms with Crippen LogP contribution in [0.15, 0.2) is 38.0 Å². The third-order valence-corrected chi connectivity index (χ3v) is 3.34. The number of hydrogen-bond donors (Lipinski definition) is 1. The summed E-state index contributed by atoms with van der Waals surface area (Å²) in [7, 11) is 0. The largest absolute Gasteiger partial charge is 0.301 e. The molecule has 0 aromatic carbocycles. The summed E-state index contributed by atoms with van der Waals surface area (Å²) in [6, 6.07) is 3.31. The Morgan fingerprint density at radius 1 is 1.39 bits per heavy atom. The molecule has 0 saturated heterocycles. The lowest BCUT2D eigenvalue weighted by atomic mass is 10.2. The van der Waals surface area contributed by atoms with E-state index in [2.05, 4.69) is 42.8 Å². The Hall–Kier alpha value is -1.21. The normalized spacial score (nSPS) is 10.6. The highest BCUT2D eigenvalue weighted by molar-refractivity contribution is 9.10. The fraction of sp³-hybridized carbons (Fsp3) is 0.273. The van der Waals surface area contributed by atoms with E-state index in [0.717, 1.165) is 23.6 Å². The van der Waals surface area contributed by atoms with Crippen molar-refractivity contribution in [2.45, 2.75) is 29.9 Å². The maximum Gasteiger partial charge on any atom is 0.251 e. The van der Waals surface area contributed by atoms with E-state index in [9.17, 15) is 4.79 Å². The van der Waals surface area contributed by atoms with E-state index in [-0.39, 0.29) is 5.56 Å². The molecule has 0 spiro atoms. The molecule has 2 aromatic rings. The first-order valence-corrected chi connectivity index (χ1v) is 7.04. The summed E-state index contributed by atoms with van der Waals surface area (Å²) in [5.74, 6) is 0. The maximum absolute atomic E-state index is 11.5. The molecule has 0 saturated carbocycles. The van der Waals surface area contributed by atoms with Gasteiger partial charge in [-0.25, -0.2) is 15.0 Å². The van der Waals surface area contributed by atoms with Gasteiger partial charge in [0.25, 0.3) is 5.56 Å². The number of hydrogen-bond acceptors (Lipinski definition) is 5. The van der Waals surface area contributed by atoms with E-state index in [1.165, 1.54) is 24.2 Å². The summed E-state index contributed by atoms with van der Waals surface area (Å²) >= 11 is 4.58. The van der Waals surface area contributed by atoms with E-state index >= 15 is 0 Å². The first-order valence-electron chi connectivity index (χ1n) is 5.43. The van der Waals surface area contributed by atoms with Gasteiger partial charge in [0, 0.05) is 17.8 Å². The van der Waals surface area contributed by atoms with Crippen LogP contribution in [-0.4, -0.2) is 19.9 Å². The molecule has 1 N–H and O–H groups in total. The zero-order chi connectivity index (χ0) is 13.0. The summed E-state index contributed by atoms with van der Waals surface area (Å²) in [6.45, 7) is 2.05. The van der Waals surface area contributed by atoms with E-state index < -0.39 is 0 Å². The second-order valence-corrected chi connectivity index (χ2v) is 5.39. The Morgan fingerprint density at radius 3 is 2.94 bits per heavy atom. The van der Waals surface area contributed by atoms with Crippen molar-refractivity contribution in [3.8, 4) is 0 Å². The molecule has 2 heterocycles. The number of aromatic amines is 1. The molecular formula is C11H11BrN4OS. The molecule has 2 aromatic heterocycles. The van der Waals surface area contributed by atoms with Crippen molar-refractivity contribution in [3.05, 3.63) is 39.1 Å². The van der Waals surface area contributed by atoms with Crippen molar-refractivity contribution < 1.29 is 0 Å². The topological polar surface area (TPSA) is 71.5 Å². The molecule has 94 valence electrons. The van der Waals surface area contributed by atoms with Crippen LogP contribution in [-0.2, 0) is 6.42 Å². The smallest absolute Gasteiger partial charge is 0.251 e. The maximum atomic E-state index is 11.5. The fourth-order valence-corrected chi connectivity index (χ4v) is 2.63. The number of H-pyrrole nitrogens is 1. The van der Waals surface area contributed by atoms with E-state index in [1.54, 1.807) is 6.07 Å². The van der Waals surface area contributed by atoms with Gasteiger partial charge < -0.3 is 4.98 Å². The van der Waals surface area contributed by atoms with Gasteiger partial charge in [-0.1, -0.05) is 13.3 Å². The van der Waals surface area contributed by atoms with E-state index in [4.69, 9.17) is 0 Å². The highest BCUT2D eigenvalue weighted by atomic mass is 79.9. The average molecular weight is 327 g/mol. The van der Waals surface area contributed by atoms with Crippen molar-refractivity contribution in [1.82, 2.24) is 19.9 Å². The minimum absolute atomic E-state index is 0.135. The first-order chi connectivity index (χ1) is 8.67. The summed E-state index contributed by atoms with van der Waals surface area (Å²) in [6.07, 6.45) is 3.21. The number of nitrogens with zero attached hydrogens (tertiary/aromatic N) is 3. The second kappa shape index (κ2) is 6.10. The van der Waals surface area contributed by atoms with E-state index in [1.807, 2.05) is 0 Å². The standard InChI is InChI=1S/C11H11BrN4OS/c1-2-3-7-4-9(17)16-11(15-7)18-10-5-8(12)13-6-14-10/h4-6H,2-3H2,1H3,(H,15,16,17). The van der Waals surface area contributed by atoms with Crippen molar-refractivity contribution >= 4 is 27.7 Å². The number of rotatable bonds is 4. The Balaban J connectivity index is 2.26. The number of aryl methyl sites for hydroxylation is 1. The van der Waals surface area contributed by atoms with Crippen LogP contribution in [0, 0.1) is 0 Å². The van der Waals surface area contributed by atoms with Gasteiger partial charge in [0.2, 0.25) is 0 Å². The minimum atomic E-state index is -0.135. The minimum Gasteiger partial charge on any atom is -0.301 e. The zero-order valence-electron chi connectivity index (χ0n) is 9.68. The van der Waals surface area contributed by atoms with Crippen LogP contribution in [0.2, 0.25) is 0 Å². The summed E-state index contributed by atoms with van der Waals surface area (Å²) in [5, 5.41) is 1.28. The monoisotopic (exact) mass is 326 g/mol. The van der Waals surface area contributed by atoms with Gasteiger partial charge in [0.05, 0.1) is 0 Å². The summed E-state index contributed by atoms with van der Waals surface area (Å²) < 4.78 is 0.701. The summed E-state index contributed by atoms with van der Waals surface area (Å²) in [4.78, 5) is 26.6. The highest BCUT2D eigenvalue weighted by Gasteiger charge is 2.05. The number of aromatic nitrogens is 4. The molecule has 5 nitrogen and oxygen atoms in total. The van der Waals surface area contributed by atoms with Crippen LogP contribution < -0.4 is 5.56 Å². The molecule has 0 unspecified atom stereocenters. The highest BCUT2D eigenvalue weighted by Crippen LogP contribution is 2.23. The van der Waals surface area contributed by atoms with Crippen molar-refractivity contribution in [1.29, 1.82) is 0 Å². The third-order valence-electron chi connectivity index (χ3n) is 2.09. The molecule has 18 heavy (non-hydrogen) atoms.